The van der Waals surface area contributed by atoms with Gasteiger partial charge in [-0.25, -0.2) is 4.39 Å². The monoisotopic (exact) mass is 252 g/mol. The molecule has 3 nitrogen and oxygen atoms in total. The van der Waals surface area contributed by atoms with Crippen molar-refractivity contribution in [2.24, 2.45) is 7.05 Å². The van der Waals surface area contributed by atoms with Crippen molar-refractivity contribution < 1.29 is 9.18 Å². The Morgan fingerprint density at radius 1 is 1.47 bits per heavy atom. The molecule has 0 saturated heterocycles. The molecule has 0 aliphatic rings. The molecule has 0 bridgehead atoms. The van der Waals surface area contributed by atoms with Gasteiger partial charge in [0, 0.05) is 12.6 Å². The predicted octanol–water partition coefficient (Wildman–Crippen LogP) is 2.75. The molecule has 0 N–H and O–H groups in total. The Hall–Kier alpha value is -1.68. The van der Waals surface area contributed by atoms with Gasteiger partial charge in [-0.1, -0.05) is 23.7 Å². The maximum atomic E-state index is 13.4. The van der Waals surface area contributed by atoms with Crippen LogP contribution in [-0.2, 0) is 7.05 Å². The highest BCUT2D eigenvalue weighted by molar-refractivity contribution is 6.34. The van der Waals surface area contributed by atoms with Gasteiger partial charge in [0.1, 0.15) is 11.5 Å². The van der Waals surface area contributed by atoms with Gasteiger partial charge in [-0.3, -0.25) is 9.48 Å². The molecule has 0 saturated carbocycles. The van der Waals surface area contributed by atoms with E-state index in [1.54, 1.807) is 26.1 Å². The highest BCUT2D eigenvalue weighted by Crippen LogP contribution is 2.19. The summed E-state index contributed by atoms with van der Waals surface area (Å²) >= 11 is 5.86. The van der Waals surface area contributed by atoms with Crippen LogP contribution in [0.5, 0.6) is 0 Å². The van der Waals surface area contributed by atoms with Crippen LogP contribution in [0.2, 0.25) is 5.02 Å². The molecule has 0 fully saturated rings. The van der Waals surface area contributed by atoms with Crippen LogP contribution in [0.4, 0.5) is 4.39 Å². The Morgan fingerprint density at radius 3 is 2.71 bits per heavy atom. The molecule has 1 heterocycles. The molecular weight excluding hydrogens is 243 g/mol. The molecule has 88 valence electrons. The van der Waals surface area contributed by atoms with E-state index in [0.29, 0.717) is 5.56 Å². The van der Waals surface area contributed by atoms with Crippen LogP contribution >= 0.6 is 11.6 Å². The number of aromatic nitrogens is 2. The second-order valence-electron chi connectivity index (χ2n) is 3.76. The summed E-state index contributed by atoms with van der Waals surface area (Å²) in [6.45, 7) is 1.64. The molecule has 0 spiro atoms. The van der Waals surface area contributed by atoms with Crippen molar-refractivity contribution in [3.8, 4) is 0 Å². The fourth-order valence-electron chi connectivity index (χ4n) is 1.54. The number of nitrogens with zero attached hydrogens (tertiary/aromatic N) is 2. The third-order valence-corrected chi connectivity index (χ3v) is 2.82. The number of benzene rings is 1. The van der Waals surface area contributed by atoms with Crippen LogP contribution < -0.4 is 0 Å². The van der Waals surface area contributed by atoms with Gasteiger partial charge in [0.2, 0.25) is 5.78 Å². The molecular formula is C12H10ClFN2O. The Morgan fingerprint density at radius 2 is 2.18 bits per heavy atom. The molecule has 0 atom stereocenters. The number of hydrogen-bond acceptors (Lipinski definition) is 2. The number of ketones is 1. The Kier molecular flexibility index (Phi) is 2.98. The van der Waals surface area contributed by atoms with Gasteiger partial charge in [0.15, 0.2) is 0 Å². The molecule has 0 aliphatic heterocycles. The topological polar surface area (TPSA) is 34.9 Å². The van der Waals surface area contributed by atoms with Gasteiger partial charge in [-0.2, -0.15) is 5.10 Å². The fraction of sp³-hybridized carbons (Fsp3) is 0.167. The van der Waals surface area contributed by atoms with Crippen molar-refractivity contribution in [2.45, 2.75) is 6.92 Å². The van der Waals surface area contributed by atoms with E-state index < -0.39 is 5.82 Å². The van der Waals surface area contributed by atoms with Crippen LogP contribution in [0.1, 0.15) is 21.6 Å². The minimum absolute atomic E-state index is 0.259. The van der Waals surface area contributed by atoms with Crippen molar-refractivity contribution in [1.29, 1.82) is 0 Å². The van der Waals surface area contributed by atoms with E-state index in [1.165, 1.54) is 16.9 Å². The summed E-state index contributed by atoms with van der Waals surface area (Å²) < 4.78 is 14.8. The number of halogens is 2. The van der Waals surface area contributed by atoms with Gasteiger partial charge in [0.25, 0.3) is 0 Å². The minimum Gasteiger partial charge on any atom is -0.287 e. The molecule has 17 heavy (non-hydrogen) atoms. The molecule has 1 aromatic heterocycles. The van der Waals surface area contributed by atoms with Crippen molar-refractivity contribution in [1.82, 2.24) is 9.78 Å². The maximum absolute atomic E-state index is 13.4. The largest absolute Gasteiger partial charge is 0.287 e. The first-order valence-corrected chi connectivity index (χ1v) is 5.37. The van der Waals surface area contributed by atoms with Crippen LogP contribution in [0.25, 0.3) is 0 Å². The Bertz CT molecular complexity index is 573. The highest BCUT2D eigenvalue weighted by atomic mass is 35.5. The van der Waals surface area contributed by atoms with Crippen molar-refractivity contribution in [2.75, 3.05) is 0 Å². The summed E-state index contributed by atoms with van der Waals surface area (Å²) in [4.78, 5) is 12.1. The average molecular weight is 253 g/mol. The summed E-state index contributed by atoms with van der Waals surface area (Å²) in [6, 6.07) is 4.35. The number of aryl methyl sites for hydroxylation is 2. The summed E-state index contributed by atoms with van der Waals surface area (Å²) in [5, 5.41) is 4.14. The Balaban J connectivity index is 2.48. The minimum atomic E-state index is -0.408. The van der Waals surface area contributed by atoms with E-state index in [-0.39, 0.29) is 22.1 Å². The lowest BCUT2D eigenvalue weighted by molar-refractivity contribution is 0.103. The van der Waals surface area contributed by atoms with Crippen molar-refractivity contribution >= 4 is 17.4 Å². The number of carbonyl (C=O) groups excluding carboxylic acids is 1. The van der Waals surface area contributed by atoms with Gasteiger partial charge in [-0.15, -0.1) is 0 Å². The van der Waals surface area contributed by atoms with Crippen LogP contribution in [0.15, 0.2) is 24.4 Å². The number of hydrogen-bond donors (Lipinski definition) is 0. The molecule has 0 unspecified atom stereocenters. The quantitative estimate of drug-likeness (QED) is 0.771. The standard InChI is InChI=1S/C12H10ClFN2O/c1-7-3-4-8(5-10(7)14)12(17)11-9(13)6-15-16(11)2/h3-6H,1-2H3. The lowest BCUT2D eigenvalue weighted by Gasteiger charge is -2.04. The first kappa shape index (κ1) is 11.8. The normalized spacial score (nSPS) is 10.6. The van der Waals surface area contributed by atoms with E-state index in [2.05, 4.69) is 5.10 Å². The van der Waals surface area contributed by atoms with E-state index in [4.69, 9.17) is 11.6 Å². The van der Waals surface area contributed by atoms with E-state index in [0.717, 1.165) is 0 Å². The van der Waals surface area contributed by atoms with Crippen molar-refractivity contribution in [3.63, 3.8) is 0 Å². The van der Waals surface area contributed by atoms with Crippen LogP contribution in [-0.4, -0.2) is 15.6 Å². The van der Waals surface area contributed by atoms with Crippen LogP contribution in [0.3, 0.4) is 0 Å². The lowest BCUT2D eigenvalue weighted by atomic mass is 10.1. The lowest BCUT2D eigenvalue weighted by Crippen LogP contribution is -2.09. The van der Waals surface area contributed by atoms with Gasteiger partial charge in [-0.05, 0) is 18.6 Å². The van der Waals surface area contributed by atoms with Gasteiger partial charge < -0.3 is 0 Å². The number of rotatable bonds is 2. The zero-order valence-electron chi connectivity index (χ0n) is 9.37. The smallest absolute Gasteiger partial charge is 0.212 e. The maximum Gasteiger partial charge on any atom is 0.212 e. The van der Waals surface area contributed by atoms with Gasteiger partial charge >= 0.3 is 0 Å². The molecule has 0 radical (unpaired) electrons. The first-order valence-electron chi connectivity index (χ1n) is 4.99. The molecule has 1 aromatic carbocycles. The fourth-order valence-corrected chi connectivity index (χ4v) is 1.79. The summed E-state index contributed by atoms with van der Waals surface area (Å²) in [6.07, 6.45) is 1.39. The van der Waals surface area contributed by atoms with E-state index in [1.807, 2.05) is 0 Å². The Labute approximate surface area is 103 Å². The van der Waals surface area contributed by atoms with E-state index in [9.17, 15) is 9.18 Å². The average Bonchev–Trinajstić information content (AvgIpc) is 2.62. The zero-order chi connectivity index (χ0) is 12.6. The second kappa shape index (κ2) is 4.30. The van der Waals surface area contributed by atoms with Gasteiger partial charge in [0.05, 0.1) is 11.2 Å². The summed E-state index contributed by atoms with van der Waals surface area (Å²) in [7, 11) is 1.61. The third kappa shape index (κ3) is 2.08. The summed E-state index contributed by atoms with van der Waals surface area (Å²) in [5.74, 6) is -0.747. The second-order valence-corrected chi connectivity index (χ2v) is 4.17. The SMILES string of the molecule is Cc1ccc(C(=O)c2c(Cl)cnn2C)cc1F. The van der Waals surface area contributed by atoms with Crippen LogP contribution in [0, 0.1) is 12.7 Å². The predicted molar refractivity (Wildman–Crippen MR) is 62.8 cm³/mol. The molecule has 2 aromatic rings. The third-order valence-electron chi connectivity index (χ3n) is 2.54. The molecule has 0 amide bonds. The first-order chi connectivity index (χ1) is 8.00. The molecule has 5 heteroatoms. The molecule has 2 rings (SSSR count). The molecule has 0 aliphatic carbocycles. The van der Waals surface area contributed by atoms with Crippen molar-refractivity contribution in [3.05, 3.63) is 52.1 Å². The summed E-state index contributed by atoms with van der Waals surface area (Å²) in [5.41, 5.74) is 1.02. The van der Waals surface area contributed by atoms with E-state index >= 15 is 0 Å². The number of carbonyl (C=O) groups is 1. The highest BCUT2D eigenvalue weighted by Gasteiger charge is 2.18. The zero-order valence-corrected chi connectivity index (χ0v) is 10.1.